The SMILES string of the molecule is Cc1ncc(CN/C(Nc2ccc(F)cc2)=c2/c(=O)n(C)c3n(c2=N)CC(C)(C)N=3)cn1. The molecular weight excluding hydrogens is 411 g/mol. The van der Waals surface area contributed by atoms with Crippen LogP contribution < -0.4 is 32.5 Å². The predicted molar refractivity (Wildman–Crippen MR) is 117 cm³/mol. The van der Waals surface area contributed by atoms with E-state index < -0.39 is 5.54 Å². The highest BCUT2D eigenvalue weighted by atomic mass is 19.1. The molecule has 0 saturated carbocycles. The third-order valence-electron chi connectivity index (χ3n) is 5.18. The van der Waals surface area contributed by atoms with E-state index in [0.29, 0.717) is 36.0 Å². The fraction of sp³-hybridized carbons (Fsp3) is 0.318. The normalized spacial score (nSPS) is 15.0. The number of halogens is 1. The van der Waals surface area contributed by atoms with Crippen molar-refractivity contribution in [2.45, 2.75) is 39.4 Å². The van der Waals surface area contributed by atoms with Crippen LogP contribution in [0.1, 0.15) is 25.2 Å². The Balaban J connectivity index is 1.87. The molecule has 0 unspecified atom stereocenters. The van der Waals surface area contributed by atoms with Crippen molar-refractivity contribution in [3.8, 4) is 0 Å². The maximum Gasteiger partial charge on any atom is 0.267 e. The van der Waals surface area contributed by atoms with Crippen LogP contribution >= 0.6 is 0 Å². The van der Waals surface area contributed by atoms with E-state index in [9.17, 15) is 9.18 Å². The molecule has 32 heavy (non-hydrogen) atoms. The third-order valence-corrected chi connectivity index (χ3v) is 5.18. The lowest BCUT2D eigenvalue weighted by atomic mass is 10.1. The summed E-state index contributed by atoms with van der Waals surface area (Å²) < 4.78 is 16.6. The van der Waals surface area contributed by atoms with Crippen LogP contribution in [0, 0.1) is 18.2 Å². The van der Waals surface area contributed by atoms with E-state index in [0.717, 1.165) is 5.56 Å². The Morgan fingerprint density at radius 1 is 1.22 bits per heavy atom. The lowest BCUT2D eigenvalue weighted by Gasteiger charge is -2.16. The number of aromatic nitrogens is 4. The van der Waals surface area contributed by atoms with Crippen molar-refractivity contribution in [1.82, 2.24) is 24.4 Å². The Bertz CT molecular complexity index is 1400. The Kier molecular flexibility index (Phi) is 5.37. The lowest BCUT2D eigenvalue weighted by molar-refractivity contribution is 0.466. The molecule has 1 aromatic carbocycles. The number of aryl methyl sites for hydroxylation is 1. The summed E-state index contributed by atoms with van der Waals surface area (Å²) >= 11 is 0. The monoisotopic (exact) mass is 436 g/mol. The summed E-state index contributed by atoms with van der Waals surface area (Å²) in [5, 5.41) is 15.3. The zero-order valence-electron chi connectivity index (χ0n) is 18.4. The topological polar surface area (TPSA) is 113 Å². The van der Waals surface area contributed by atoms with Gasteiger partial charge >= 0.3 is 0 Å². The van der Waals surface area contributed by atoms with Crippen molar-refractivity contribution < 1.29 is 4.39 Å². The van der Waals surface area contributed by atoms with Crippen LogP contribution in [0.5, 0.6) is 0 Å². The first-order valence-electron chi connectivity index (χ1n) is 10.2. The highest BCUT2D eigenvalue weighted by Gasteiger charge is 2.26. The van der Waals surface area contributed by atoms with Crippen molar-refractivity contribution in [2.24, 2.45) is 12.0 Å². The van der Waals surface area contributed by atoms with Crippen molar-refractivity contribution in [2.75, 3.05) is 5.32 Å². The summed E-state index contributed by atoms with van der Waals surface area (Å²) in [6.45, 7) is 6.53. The van der Waals surface area contributed by atoms with E-state index in [2.05, 4.69) is 25.6 Å². The van der Waals surface area contributed by atoms with Gasteiger partial charge in [0.1, 0.15) is 28.2 Å². The van der Waals surface area contributed by atoms with Crippen molar-refractivity contribution in [1.29, 1.82) is 5.41 Å². The number of benzene rings is 1. The largest absolute Gasteiger partial charge is 0.367 e. The number of nitrogens with one attached hydrogen (secondary N) is 3. The fourth-order valence-corrected chi connectivity index (χ4v) is 3.55. The molecule has 0 amide bonds. The smallest absolute Gasteiger partial charge is 0.267 e. The van der Waals surface area contributed by atoms with Gasteiger partial charge in [-0.25, -0.2) is 19.4 Å². The van der Waals surface area contributed by atoms with E-state index >= 15 is 0 Å². The molecule has 9 nitrogen and oxygen atoms in total. The zero-order valence-corrected chi connectivity index (χ0v) is 18.4. The molecule has 0 bridgehead atoms. The number of hydrogen-bond donors (Lipinski definition) is 3. The van der Waals surface area contributed by atoms with Gasteiger partial charge in [0.05, 0.1) is 12.1 Å². The minimum Gasteiger partial charge on any atom is -0.367 e. The molecule has 2 aromatic heterocycles. The Labute approximate surface area is 183 Å². The number of anilines is 1. The van der Waals surface area contributed by atoms with E-state index in [1.54, 1.807) is 43.1 Å². The van der Waals surface area contributed by atoms with Crippen LogP contribution in [0.4, 0.5) is 10.1 Å². The average Bonchev–Trinajstić information content (AvgIpc) is 3.09. The first kappa shape index (κ1) is 21.4. The average molecular weight is 436 g/mol. The number of nitrogens with zero attached hydrogens (tertiary/aromatic N) is 5. The van der Waals surface area contributed by atoms with E-state index in [1.165, 1.54) is 16.7 Å². The molecule has 0 fully saturated rings. The molecule has 4 rings (SSSR count). The molecule has 10 heteroatoms. The van der Waals surface area contributed by atoms with Gasteiger partial charge < -0.3 is 10.6 Å². The molecule has 1 aliphatic heterocycles. The second-order valence-corrected chi connectivity index (χ2v) is 8.40. The van der Waals surface area contributed by atoms with Gasteiger partial charge in [-0.05, 0) is 45.0 Å². The van der Waals surface area contributed by atoms with Crippen LogP contribution in [0.25, 0.3) is 5.82 Å². The predicted octanol–water partition coefficient (Wildman–Crippen LogP) is 0.283. The number of hydrogen-bond acceptors (Lipinski definition) is 7. The summed E-state index contributed by atoms with van der Waals surface area (Å²) in [7, 11) is 1.64. The van der Waals surface area contributed by atoms with Gasteiger partial charge in [-0.15, -0.1) is 0 Å². The zero-order chi connectivity index (χ0) is 23.0. The highest BCUT2D eigenvalue weighted by Crippen LogP contribution is 2.13. The maximum atomic E-state index is 13.4. The van der Waals surface area contributed by atoms with Crippen LogP contribution in [-0.4, -0.2) is 24.6 Å². The molecule has 1 aliphatic rings. The van der Waals surface area contributed by atoms with Crippen LogP contribution in [0.3, 0.4) is 0 Å². The molecule has 0 atom stereocenters. The van der Waals surface area contributed by atoms with Gasteiger partial charge in [0.15, 0.2) is 0 Å². The van der Waals surface area contributed by atoms with Crippen LogP contribution in [-0.2, 0) is 20.1 Å². The van der Waals surface area contributed by atoms with Crippen LogP contribution in [0.2, 0.25) is 0 Å². The molecule has 0 radical (unpaired) electrons. The first-order chi connectivity index (χ1) is 15.1. The molecule has 3 heterocycles. The fourth-order valence-electron chi connectivity index (χ4n) is 3.55. The Hall–Kier alpha value is -3.82. The number of rotatable bonds is 5. The molecule has 166 valence electrons. The van der Waals surface area contributed by atoms with E-state index in [4.69, 9.17) is 5.41 Å². The van der Waals surface area contributed by atoms with Gasteiger partial charge in [-0.3, -0.25) is 19.3 Å². The summed E-state index contributed by atoms with van der Waals surface area (Å²) in [6.07, 6.45) is 3.40. The highest BCUT2D eigenvalue weighted by molar-refractivity contribution is 5.62. The van der Waals surface area contributed by atoms with Gasteiger partial charge in [-0.2, -0.15) is 0 Å². The minimum atomic E-state index is -0.414. The molecule has 3 aromatic rings. The van der Waals surface area contributed by atoms with Crippen molar-refractivity contribution >= 4 is 11.5 Å². The molecule has 0 spiro atoms. The summed E-state index contributed by atoms with van der Waals surface area (Å²) in [5.41, 5.74) is 1.12. The van der Waals surface area contributed by atoms with E-state index in [1.807, 2.05) is 13.8 Å². The van der Waals surface area contributed by atoms with E-state index in [-0.39, 0.29) is 22.1 Å². The van der Waals surface area contributed by atoms with Crippen LogP contribution in [0.15, 0.2) is 46.4 Å². The molecule has 0 saturated heterocycles. The molecule has 3 N–H and O–H groups in total. The van der Waals surface area contributed by atoms with Crippen molar-refractivity contribution in [3.05, 3.63) is 80.5 Å². The second kappa shape index (κ2) is 8.03. The summed E-state index contributed by atoms with van der Waals surface area (Å²) in [6, 6.07) is 5.79. The quantitative estimate of drug-likeness (QED) is 0.532. The molecular formula is C22H25FN8O. The van der Waals surface area contributed by atoms with Gasteiger partial charge in [0.2, 0.25) is 5.62 Å². The van der Waals surface area contributed by atoms with Gasteiger partial charge in [0.25, 0.3) is 5.56 Å². The first-order valence-corrected chi connectivity index (χ1v) is 10.2. The van der Waals surface area contributed by atoms with Gasteiger partial charge in [0, 0.05) is 37.2 Å². The Morgan fingerprint density at radius 2 is 1.88 bits per heavy atom. The summed E-state index contributed by atoms with van der Waals surface area (Å²) in [5.74, 6) is 0.629. The Morgan fingerprint density at radius 3 is 2.53 bits per heavy atom. The second-order valence-electron chi connectivity index (χ2n) is 8.40. The van der Waals surface area contributed by atoms with Crippen molar-refractivity contribution in [3.63, 3.8) is 0 Å². The molecule has 0 aliphatic carbocycles. The maximum absolute atomic E-state index is 13.4. The summed E-state index contributed by atoms with van der Waals surface area (Å²) in [4.78, 5) is 26.3. The minimum absolute atomic E-state index is 0.0506. The van der Waals surface area contributed by atoms with Gasteiger partial charge in [-0.1, -0.05) is 0 Å². The number of fused-ring (bicyclic) bond motifs is 1. The third kappa shape index (κ3) is 4.16. The lowest BCUT2D eigenvalue weighted by Crippen LogP contribution is -2.59. The standard InChI is InChI=1S/C22H25FN8O/c1-13-25-9-14(10-26-13)11-27-19(28-16-7-5-15(23)6-8-16)17-18(24)31-12-22(2,3)29-21(31)30(4)20(17)32/h5-10,24,27-28H,11-12H2,1-4H3/b19-17-,24-18?.